The van der Waals surface area contributed by atoms with Gasteiger partial charge in [-0.2, -0.15) is 0 Å². The molecule has 1 atom stereocenters. The predicted molar refractivity (Wildman–Crippen MR) is 88.2 cm³/mol. The predicted octanol–water partition coefficient (Wildman–Crippen LogP) is 4.30. The molecule has 21 heavy (non-hydrogen) atoms. The van der Waals surface area contributed by atoms with Gasteiger partial charge in [0, 0.05) is 4.90 Å². The molecule has 0 saturated heterocycles. The van der Waals surface area contributed by atoms with Gasteiger partial charge < -0.3 is 4.74 Å². The molecule has 0 aliphatic carbocycles. The lowest BCUT2D eigenvalue weighted by atomic mass is 9.87. The topological polar surface area (TPSA) is 26.3 Å². The van der Waals surface area contributed by atoms with Crippen LogP contribution in [0.3, 0.4) is 0 Å². The lowest BCUT2D eigenvalue weighted by Gasteiger charge is -2.19. The van der Waals surface area contributed by atoms with Crippen LogP contribution in [0.5, 0.6) is 5.75 Å². The molecule has 2 aromatic carbocycles. The van der Waals surface area contributed by atoms with Crippen LogP contribution in [-0.2, 0) is 22.0 Å². The highest BCUT2D eigenvalue weighted by atomic mass is 32.2. The molecule has 112 valence electrons. The molecule has 3 heteroatoms. The Labute approximate surface area is 129 Å². The van der Waals surface area contributed by atoms with Gasteiger partial charge in [0.15, 0.2) is 0 Å². The van der Waals surface area contributed by atoms with Gasteiger partial charge >= 0.3 is 0 Å². The Morgan fingerprint density at radius 3 is 2.29 bits per heavy atom. The van der Waals surface area contributed by atoms with E-state index in [0.29, 0.717) is 5.75 Å². The Kier molecular flexibility index (Phi) is 4.84. The third-order valence-electron chi connectivity index (χ3n) is 3.42. The molecule has 0 aliphatic heterocycles. The van der Waals surface area contributed by atoms with Crippen molar-refractivity contribution in [3.63, 3.8) is 0 Å². The molecule has 0 N–H and O–H groups in total. The molecule has 1 unspecified atom stereocenters. The van der Waals surface area contributed by atoms with E-state index < -0.39 is 10.8 Å². The maximum atomic E-state index is 12.4. The van der Waals surface area contributed by atoms with E-state index in [-0.39, 0.29) is 5.41 Å². The number of methoxy groups -OCH3 is 1. The number of rotatable bonds is 4. The molecule has 0 amide bonds. The molecule has 0 fully saturated rings. The Morgan fingerprint density at radius 2 is 1.71 bits per heavy atom. The van der Waals surface area contributed by atoms with Gasteiger partial charge in [0.1, 0.15) is 5.75 Å². The van der Waals surface area contributed by atoms with Crippen LogP contribution >= 0.6 is 0 Å². The quantitative estimate of drug-likeness (QED) is 0.841. The standard InChI is InChI=1S/C18H22O2S/c1-18(2,3)15-10-8-14(9-11-15)13-21(19)17-7-5-6-16(12-17)20-4/h5-12H,13H2,1-4H3. The summed E-state index contributed by atoms with van der Waals surface area (Å²) in [5, 5.41) is 0. The Morgan fingerprint density at radius 1 is 1.05 bits per heavy atom. The zero-order chi connectivity index (χ0) is 15.5. The first-order chi connectivity index (χ1) is 9.90. The first-order valence-corrected chi connectivity index (χ1v) is 8.34. The van der Waals surface area contributed by atoms with E-state index >= 15 is 0 Å². The summed E-state index contributed by atoms with van der Waals surface area (Å²) in [7, 11) is 0.564. The molecular weight excluding hydrogens is 280 g/mol. The zero-order valence-corrected chi connectivity index (χ0v) is 13.9. The summed E-state index contributed by atoms with van der Waals surface area (Å²) < 4.78 is 17.6. The van der Waals surface area contributed by atoms with Crippen LogP contribution in [0.4, 0.5) is 0 Å². The van der Waals surface area contributed by atoms with Gasteiger partial charge in [0.05, 0.1) is 23.7 Å². The van der Waals surface area contributed by atoms with Gasteiger partial charge in [-0.1, -0.05) is 51.1 Å². The first-order valence-electron chi connectivity index (χ1n) is 7.02. The molecule has 2 nitrogen and oxygen atoms in total. The van der Waals surface area contributed by atoms with E-state index in [0.717, 1.165) is 16.2 Å². The average molecular weight is 302 g/mol. The van der Waals surface area contributed by atoms with Crippen molar-refractivity contribution in [1.82, 2.24) is 0 Å². The van der Waals surface area contributed by atoms with Gasteiger partial charge in [0.25, 0.3) is 0 Å². The molecule has 2 rings (SSSR count). The van der Waals surface area contributed by atoms with Crippen molar-refractivity contribution in [1.29, 1.82) is 0 Å². The van der Waals surface area contributed by atoms with E-state index in [1.165, 1.54) is 5.56 Å². The summed E-state index contributed by atoms with van der Waals surface area (Å²) in [6.45, 7) is 6.57. The highest BCUT2D eigenvalue weighted by Gasteiger charge is 2.13. The Hall–Kier alpha value is -1.61. The van der Waals surface area contributed by atoms with Crippen molar-refractivity contribution in [2.24, 2.45) is 0 Å². The minimum absolute atomic E-state index is 0.143. The molecule has 0 aliphatic rings. The second-order valence-corrected chi connectivity index (χ2v) is 7.57. The number of benzene rings is 2. The van der Waals surface area contributed by atoms with Gasteiger partial charge in [-0.15, -0.1) is 0 Å². The second-order valence-electron chi connectivity index (χ2n) is 6.12. The van der Waals surface area contributed by atoms with Crippen molar-refractivity contribution >= 4 is 10.8 Å². The molecule has 0 aromatic heterocycles. The van der Waals surface area contributed by atoms with Crippen molar-refractivity contribution in [2.75, 3.05) is 7.11 Å². The minimum atomic E-state index is -1.05. The lowest BCUT2D eigenvalue weighted by molar-refractivity contribution is 0.413. The third kappa shape index (κ3) is 4.18. The van der Waals surface area contributed by atoms with Crippen LogP contribution in [0.1, 0.15) is 31.9 Å². The maximum Gasteiger partial charge on any atom is 0.120 e. The highest BCUT2D eigenvalue weighted by molar-refractivity contribution is 7.84. The molecule has 0 radical (unpaired) electrons. The fraction of sp³-hybridized carbons (Fsp3) is 0.333. The lowest BCUT2D eigenvalue weighted by Crippen LogP contribution is -2.10. The summed E-state index contributed by atoms with van der Waals surface area (Å²) in [6.07, 6.45) is 0. The van der Waals surface area contributed by atoms with Gasteiger partial charge in [-0.05, 0) is 34.7 Å². The fourth-order valence-corrected chi connectivity index (χ4v) is 3.22. The van der Waals surface area contributed by atoms with Crippen LogP contribution in [-0.4, -0.2) is 11.3 Å². The van der Waals surface area contributed by atoms with E-state index in [2.05, 4.69) is 45.0 Å². The molecule has 2 aromatic rings. The summed E-state index contributed by atoms with van der Waals surface area (Å²) in [6, 6.07) is 15.8. The molecule has 0 bridgehead atoms. The first kappa shape index (κ1) is 15.8. The third-order valence-corrected chi connectivity index (χ3v) is 4.80. The summed E-state index contributed by atoms with van der Waals surface area (Å²) in [5.41, 5.74) is 2.52. The molecular formula is C18H22O2S. The number of hydrogen-bond donors (Lipinski definition) is 0. The van der Waals surface area contributed by atoms with Crippen LogP contribution in [0, 0.1) is 0 Å². The minimum Gasteiger partial charge on any atom is -0.497 e. The van der Waals surface area contributed by atoms with E-state index in [4.69, 9.17) is 4.74 Å². The maximum absolute atomic E-state index is 12.4. The Bertz CT molecular complexity index is 624. The summed E-state index contributed by atoms with van der Waals surface area (Å²) in [4.78, 5) is 0.800. The molecule has 0 saturated carbocycles. The summed E-state index contributed by atoms with van der Waals surface area (Å²) >= 11 is 0. The van der Waals surface area contributed by atoms with Crippen LogP contribution in [0.25, 0.3) is 0 Å². The van der Waals surface area contributed by atoms with Crippen molar-refractivity contribution < 1.29 is 8.95 Å². The second kappa shape index (κ2) is 6.44. The van der Waals surface area contributed by atoms with Gasteiger partial charge in [-0.25, -0.2) is 0 Å². The highest BCUT2D eigenvalue weighted by Crippen LogP contribution is 2.23. The van der Waals surface area contributed by atoms with Crippen molar-refractivity contribution in [3.8, 4) is 5.75 Å². The monoisotopic (exact) mass is 302 g/mol. The van der Waals surface area contributed by atoms with Gasteiger partial charge in [0.2, 0.25) is 0 Å². The van der Waals surface area contributed by atoms with E-state index in [1.54, 1.807) is 7.11 Å². The zero-order valence-electron chi connectivity index (χ0n) is 13.1. The normalized spacial score (nSPS) is 13.0. The number of ether oxygens (including phenoxy) is 1. The van der Waals surface area contributed by atoms with Crippen LogP contribution < -0.4 is 4.74 Å². The smallest absolute Gasteiger partial charge is 0.120 e. The Balaban J connectivity index is 2.12. The van der Waals surface area contributed by atoms with E-state index in [1.807, 2.05) is 24.3 Å². The average Bonchev–Trinajstić information content (AvgIpc) is 2.47. The fourth-order valence-electron chi connectivity index (χ4n) is 2.08. The van der Waals surface area contributed by atoms with Crippen molar-refractivity contribution in [3.05, 3.63) is 59.7 Å². The van der Waals surface area contributed by atoms with E-state index in [9.17, 15) is 4.21 Å². The molecule has 0 spiro atoms. The largest absolute Gasteiger partial charge is 0.497 e. The van der Waals surface area contributed by atoms with Crippen LogP contribution in [0.15, 0.2) is 53.4 Å². The van der Waals surface area contributed by atoms with Crippen LogP contribution in [0.2, 0.25) is 0 Å². The SMILES string of the molecule is COc1cccc(S(=O)Cc2ccc(C(C)(C)C)cc2)c1. The van der Waals surface area contributed by atoms with Crippen molar-refractivity contribution in [2.45, 2.75) is 36.8 Å². The summed E-state index contributed by atoms with van der Waals surface area (Å²) in [5.74, 6) is 1.27. The number of hydrogen-bond acceptors (Lipinski definition) is 2. The van der Waals surface area contributed by atoms with Gasteiger partial charge in [-0.3, -0.25) is 4.21 Å². The molecule has 0 heterocycles.